The van der Waals surface area contributed by atoms with E-state index in [-0.39, 0.29) is 11.6 Å². The minimum absolute atomic E-state index is 0.00384. The van der Waals surface area contributed by atoms with E-state index >= 15 is 0 Å². The highest BCUT2D eigenvalue weighted by molar-refractivity contribution is 5.85. The maximum atomic E-state index is 12.1. The first-order valence-corrected chi connectivity index (χ1v) is 7.06. The van der Waals surface area contributed by atoms with Crippen LogP contribution in [0.25, 0.3) is 0 Å². The van der Waals surface area contributed by atoms with E-state index in [1.54, 1.807) is 0 Å². The van der Waals surface area contributed by atoms with Gasteiger partial charge in [-0.05, 0) is 40.8 Å². The van der Waals surface area contributed by atoms with Gasteiger partial charge in [-0.25, -0.2) is 9.59 Å². The van der Waals surface area contributed by atoms with Crippen molar-refractivity contribution in [3.05, 3.63) is 0 Å². The smallest absolute Gasteiger partial charge is 0.329 e. The molecule has 20 heavy (non-hydrogen) atoms. The van der Waals surface area contributed by atoms with Crippen molar-refractivity contribution in [3.8, 4) is 0 Å². The van der Waals surface area contributed by atoms with Crippen LogP contribution in [-0.2, 0) is 4.79 Å². The zero-order valence-electron chi connectivity index (χ0n) is 13.2. The number of urea groups is 1. The van der Waals surface area contributed by atoms with E-state index in [1.165, 1.54) is 38.6 Å². The van der Waals surface area contributed by atoms with Gasteiger partial charge in [0.1, 0.15) is 5.54 Å². The van der Waals surface area contributed by atoms with Crippen LogP contribution in [-0.4, -0.2) is 65.7 Å². The Kier molecular flexibility index (Phi) is 5.02. The topological polar surface area (TPSA) is 72.9 Å². The molecule has 0 aliphatic heterocycles. The lowest BCUT2D eigenvalue weighted by molar-refractivity contribution is -0.146. The van der Waals surface area contributed by atoms with Crippen LogP contribution >= 0.6 is 0 Å². The lowest BCUT2D eigenvalue weighted by atomic mass is 9.96. The van der Waals surface area contributed by atoms with E-state index in [2.05, 4.69) is 10.2 Å². The molecular formula is C14H27N3O3. The standard InChI is InChI=1S/C14H27N3O3/c1-13(2,11(18)19)17(5)12(20)15-10-14(16(3)4)8-6-7-9-14/h6-10H2,1-5H3,(H,15,20)(H,18,19). The number of carboxylic acids is 1. The Hall–Kier alpha value is -1.30. The maximum Gasteiger partial charge on any atom is 0.329 e. The number of nitrogens with zero attached hydrogens (tertiary/aromatic N) is 2. The molecule has 0 aromatic carbocycles. The van der Waals surface area contributed by atoms with Crippen molar-refractivity contribution in [2.24, 2.45) is 0 Å². The Morgan fingerprint density at radius 2 is 1.70 bits per heavy atom. The van der Waals surface area contributed by atoms with E-state index in [9.17, 15) is 9.59 Å². The van der Waals surface area contributed by atoms with Gasteiger partial charge in [-0.1, -0.05) is 12.8 Å². The van der Waals surface area contributed by atoms with Crippen molar-refractivity contribution in [2.45, 2.75) is 50.6 Å². The van der Waals surface area contributed by atoms with Gasteiger partial charge in [0.05, 0.1) is 0 Å². The van der Waals surface area contributed by atoms with E-state index in [1.807, 2.05) is 14.1 Å². The summed E-state index contributed by atoms with van der Waals surface area (Å²) in [5.74, 6) is -1.02. The van der Waals surface area contributed by atoms with Gasteiger partial charge in [0.15, 0.2) is 0 Å². The van der Waals surface area contributed by atoms with Crippen LogP contribution in [0.2, 0.25) is 0 Å². The van der Waals surface area contributed by atoms with Crippen LogP contribution in [0.3, 0.4) is 0 Å². The molecule has 1 aliphatic rings. The van der Waals surface area contributed by atoms with Gasteiger partial charge in [-0.2, -0.15) is 0 Å². The van der Waals surface area contributed by atoms with Gasteiger partial charge in [0.2, 0.25) is 0 Å². The summed E-state index contributed by atoms with van der Waals surface area (Å²) in [5, 5.41) is 12.0. The molecule has 116 valence electrons. The van der Waals surface area contributed by atoms with Crippen molar-refractivity contribution >= 4 is 12.0 Å². The molecule has 2 amide bonds. The second-order valence-electron chi connectivity index (χ2n) is 6.41. The summed E-state index contributed by atoms with van der Waals surface area (Å²) in [6, 6.07) is -0.342. The van der Waals surface area contributed by atoms with E-state index in [4.69, 9.17) is 5.11 Å². The van der Waals surface area contributed by atoms with Crippen molar-refractivity contribution in [3.63, 3.8) is 0 Å². The van der Waals surface area contributed by atoms with E-state index < -0.39 is 11.5 Å². The molecule has 6 nitrogen and oxygen atoms in total. The number of carboxylic acid groups (broad SMARTS) is 1. The number of aliphatic carboxylic acids is 1. The Morgan fingerprint density at radius 3 is 2.10 bits per heavy atom. The molecule has 0 aromatic rings. The van der Waals surface area contributed by atoms with Crippen LogP contribution < -0.4 is 5.32 Å². The van der Waals surface area contributed by atoms with Crippen molar-refractivity contribution in [2.75, 3.05) is 27.7 Å². The lowest BCUT2D eigenvalue weighted by Gasteiger charge is -2.38. The third-order valence-electron chi connectivity index (χ3n) is 4.72. The fourth-order valence-corrected chi connectivity index (χ4v) is 2.57. The lowest BCUT2D eigenvalue weighted by Crippen LogP contribution is -2.57. The molecule has 0 atom stereocenters. The molecule has 1 aliphatic carbocycles. The number of likely N-dealkylation sites (N-methyl/N-ethyl adjacent to an activating group) is 2. The average Bonchev–Trinajstić information content (AvgIpc) is 2.84. The van der Waals surface area contributed by atoms with Crippen molar-refractivity contribution < 1.29 is 14.7 Å². The van der Waals surface area contributed by atoms with Gasteiger partial charge in [0, 0.05) is 19.1 Å². The van der Waals surface area contributed by atoms with E-state index in [0.717, 1.165) is 12.8 Å². The normalized spacial score (nSPS) is 18.1. The molecule has 1 rings (SSSR count). The predicted octanol–water partition coefficient (Wildman–Crippen LogP) is 1.37. The summed E-state index contributed by atoms with van der Waals surface area (Å²) in [7, 11) is 5.57. The molecule has 2 N–H and O–H groups in total. The molecule has 0 spiro atoms. The third kappa shape index (κ3) is 3.23. The van der Waals surface area contributed by atoms with Crippen LogP contribution in [0.1, 0.15) is 39.5 Å². The number of carbonyl (C=O) groups is 2. The monoisotopic (exact) mass is 285 g/mol. The van der Waals surface area contributed by atoms with Crippen molar-refractivity contribution in [1.82, 2.24) is 15.1 Å². The highest BCUT2D eigenvalue weighted by Crippen LogP contribution is 2.33. The fourth-order valence-electron chi connectivity index (χ4n) is 2.57. The third-order valence-corrected chi connectivity index (χ3v) is 4.72. The Balaban J connectivity index is 2.65. The summed E-state index contributed by atoms with van der Waals surface area (Å²) >= 11 is 0. The molecule has 0 heterocycles. The maximum absolute atomic E-state index is 12.1. The van der Waals surface area contributed by atoms with Gasteiger partial charge in [-0.15, -0.1) is 0 Å². The molecule has 0 saturated heterocycles. The van der Waals surface area contributed by atoms with Gasteiger partial charge in [-0.3, -0.25) is 0 Å². The van der Waals surface area contributed by atoms with Crippen molar-refractivity contribution in [1.29, 1.82) is 0 Å². The largest absolute Gasteiger partial charge is 0.480 e. The quantitative estimate of drug-likeness (QED) is 0.800. The SMILES string of the molecule is CN(C)C1(CNC(=O)N(C)C(C)(C)C(=O)O)CCCC1. The Bertz CT molecular complexity index is 374. The Labute approximate surface area is 121 Å². The number of hydrogen-bond acceptors (Lipinski definition) is 3. The summed E-state index contributed by atoms with van der Waals surface area (Å²) in [5.41, 5.74) is -1.21. The molecule has 1 fully saturated rings. The number of carbonyl (C=O) groups excluding carboxylic acids is 1. The van der Waals surface area contributed by atoms with Crippen LogP contribution in [0.5, 0.6) is 0 Å². The molecular weight excluding hydrogens is 258 g/mol. The first-order chi connectivity index (χ1) is 9.13. The zero-order valence-corrected chi connectivity index (χ0v) is 13.2. The van der Waals surface area contributed by atoms with Gasteiger partial charge in [0.25, 0.3) is 0 Å². The number of hydrogen-bond donors (Lipinski definition) is 2. The molecule has 0 unspecified atom stereocenters. The number of nitrogens with one attached hydrogen (secondary N) is 1. The average molecular weight is 285 g/mol. The van der Waals surface area contributed by atoms with Gasteiger partial charge >= 0.3 is 12.0 Å². The molecule has 6 heteroatoms. The predicted molar refractivity (Wildman–Crippen MR) is 77.8 cm³/mol. The van der Waals surface area contributed by atoms with Crippen LogP contribution in [0.4, 0.5) is 4.79 Å². The molecule has 0 radical (unpaired) electrons. The minimum Gasteiger partial charge on any atom is -0.480 e. The summed E-state index contributed by atoms with van der Waals surface area (Å²) in [6.45, 7) is 3.59. The van der Waals surface area contributed by atoms with E-state index in [0.29, 0.717) is 6.54 Å². The highest BCUT2D eigenvalue weighted by Gasteiger charge is 2.39. The summed E-state index contributed by atoms with van der Waals surface area (Å²) in [4.78, 5) is 26.7. The number of amides is 2. The minimum atomic E-state index is -1.22. The number of rotatable bonds is 5. The summed E-state index contributed by atoms with van der Waals surface area (Å²) < 4.78 is 0. The van der Waals surface area contributed by atoms with Gasteiger partial charge < -0.3 is 20.2 Å². The summed E-state index contributed by atoms with van der Waals surface area (Å²) in [6.07, 6.45) is 4.47. The first kappa shape index (κ1) is 16.8. The van der Waals surface area contributed by atoms with Crippen LogP contribution in [0, 0.1) is 0 Å². The second kappa shape index (κ2) is 5.99. The zero-order chi connectivity index (χ0) is 15.6. The first-order valence-electron chi connectivity index (χ1n) is 7.06. The molecule has 1 saturated carbocycles. The van der Waals surface area contributed by atoms with Crippen LogP contribution in [0.15, 0.2) is 0 Å². The molecule has 0 aromatic heterocycles. The fraction of sp³-hybridized carbons (Fsp3) is 0.857. The molecule has 0 bridgehead atoms. The Morgan fingerprint density at radius 1 is 1.20 bits per heavy atom. The second-order valence-corrected chi connectivity index (χ2v) is 6.41. The highest BCUT2D eigenvalue weighted by atomic mass is 16.4.